The molecule has 4 aromatic rings. The van der Waals surface area contributed by atoms with Crippen molar-refractivity contribution in [3.8, 4) is 22.4 Å². The predicted octanol–water partition coefficient (Wildman–Crippen LogP) is 4.59. The second kappa shape index (κ2) is 7.27. The molecule has 0 aliphatic rings. The molecular weight excluding hydrogens is 346 g/mol. The Balaban J connectivity index is 1.82. The zero-order valence-corrected chi connectivity index (χ0v) is 16.3. The lowest BCUT2D eigenvalue weighted by Crippen LogP contribution is -2.09. The number of benzene rings is 2. The first-order valence-corrected chi connectivity index (χ1v) is 9.31. The molecule has 5 nitrogen and oxygen atoms in total. The van der Waals surface area contributed by atoms with Crippen LogP contribution >= 0.6 is 0 Å². The van der Waals surface area contributed by atoms with Crippen molar-refractivity contribution in [2.75, 3.05) is 5.73 Å². The Hall–Kier alpha value is -3.47. The largest absolute Gasteiger partial charge is 0.383 e. The molecule has 0 aliphatic heterocycles. The topological polar surface area (TPSA) is 69.6 Å². The van der Waals surface area contributed by atoms with Gasteiger partial charge in [-0.25, -0.2) is 9.97 Å². The molecule has 0 bridgehead atoms. The van der Waals surface area contributed by atoms with Gasteiger partial charge in [0.2, 0.25) is 0 Å². The fraction of sp³-hybridized carbons (Fsp3) is 0.174. The molecule has 0 saturated heterocycles. The van der Waals surface area contributed by atoms with Crippen LogP contribution in [0, 0.1) is 6.92 Å². The summed E-state index contributed by atoms with van der Waals surface area (Å²) < 4.78 is 1.81. The van der Waals surface area contributed by atoms with Gasteiger partial charge in [-0.3, -0.25) is 4.68 Å². The molecular formula is C23H23N5. The zero-order valence-electron chi connectivity index (χ0n) is 16.3. The average Bonchev–Trinajstić information content (AvgIpc) is 3.14. The summed E-state index contributed by atoms with van der Waals surface area (Å²) in [5, 5.41) is 4.28. The standard InChI is InChI=1S/C23H23N5/c1-15(18-10-7-11-19(12-18)20-13-25-28(3)14-20)21-22(17-8-5-4-6-9-17)26-16(2)27-23(21)24/h4-15H,1-3H3,(H2,24,26,27). The van der Waals surface area contributed by atoms with Crippen molar-refractivity contribution in [2.24, 2.45) is 7.05 Å². The van der Waals surface area contributed by atoms with Crippen molar-refractivity contribution < 1.29 is 0 Å². The summed E-state index contributed by atoms with van der Waals surface area (Å²) in [6.45, 7) is 4.03. The van der Waals surface area contributed by atoms with Crippen molar-refractivity contribution in [1.29, 1.82) is 0 Å². The van der Waals surface area contributed by atoms with Gasteiger partial charge in [-0.15, -0.1) is 0 Å². The number of anilines is 1. The van der Waals surface area contributed by atoms with Gasteiger partial charge in [-0.05, 0) is 18.1 Å². The van der Waals surface area contributed by atoms with Crippen LogP contribution in [0.1, 0.15) is 29.8 Å². The number of hydrogen-bond donors (Lipinski definition) is 1. The molecule has 28 heavy (non-hydrogen) atoms. The Kier molecular flexibility index (Phi) is 4.65. The predicted molar refractivity (Wildman–Crippen MR) is 113 cm³/mol. The van der Waals surface area contributed by atoms with E-state index in [9.17, 15) is 0 Å². The van der Waals surface area contributed by atoms with E-state index >= 15 is 0 Å². The molecule has 140 valence electrons. The third kappa shape index (κ3) is 3.39. The lowest BCUT2D eigenvalue weighted by atomic mass is 9.88. The summed E-state index contributed by atoms with van der Waals surface area (Å²) in [7, 11) is 1.92. The SMILES string of the molecule is Cc1nc(N)c(C(C)c2cccc(-c3cnn(C)c3)c2)c(-c2ccccc2)n1. The Bertz CT molecular complexity index is 1120. The number of aryl methyl sites for hydroxylation is 2. The molecule has 1 unspecified atom stereocenters. The number of nitrogens with zero attached hydrogens (tertiary/aromatic N) is 4. The summed E-state index contributed by atoms with van der Waals surface area (Å²) in [5.41, 5.74) is 12.7. The van der Waals surface area contributed by atoms with Crippen LogP contribution in [0.2, 0.25) is 0 Å². The average molecular weight is 369 g/mol. The smallest absolute Gasteiger partial charge is 0.131 e. The summed E-state index contributed by atoms with van der Waals surface area (Å²) in [6, 6.07) is 18.6. The molecule has 5 heteroatoms. The van der Waals surface area contributed by atoms with E-state index in [1.807, 2.05) is 49.2 Å². The zero-order chi connectivity index (χ0) is 19.7. The number of hydrogen-bond acceptors (Lipinski definition) is 4. The van der Waals surface area contributed by atoms with Crippen molar-refractivity contribution in [3.05, 3.63) is 83.9 Å². The first-order valence-electron chi connectivity index (χ1n) is 9.31. The minimum atomic E-state index is 0.0485. The van der Waals surface area contributed by atoms with Gasteiger partial charge in [0.05, 0.1) is 11.9 Å². The lowest BCUT2D eigenvalue weighted by molar-refractivity contribution is 0.768. The van der Waals surface area contributed by atoms with Crippen molar-refractivity contribution in [2.45, 2.75) is 19.8 Å². The first kappa shape index (κ1) is 17.9. The van der Waals surface area contributed by atoms with E-state index in [-0.39, 0.29) is 5.92 Å². The van der Waals surface area contributed by atoms with E-state index in [1.54, 1.807) is 0 Å². The molecule has 2 aromatic carbocycles. The van der Waals surface area contributed by atoms with Crippen LogP contribution in [0.25, 0.3) is 22.4 Å². The maximum atomic E-state index is 6.39. The third-order valence-electron chi connectivity index (χ3n) is 4.99. The highest BCUT2D eigenvalue weighted by molar-refractivity contribution is 5.70. The normalized spacial score (nSPS) is 12.1. The van der Waals surface area contributed by atoms with Gasteiger partial charge in [-0.2, -0.15) is 5.10 Å². The monoisotopic (exact) mass is 369 g/mol. The van der Waals surface area contributed by atoms with Crippen molar-refractivity contribution in [1.82, 2.24) is 19.7 Å². The molecule has 2 aromatic heterocycles. The summed E-state index contributed by atoms with van der Waals surface area (Å²) in [5.74, 6) is 1.26. The van der Waals surface area contributed by atoms with E-state index in [0.29, 0.717) is 11.6 Å². The van der Waals surface area contributed by atoms with Crippen LogP contribution in [0.4, 0.5) is 5.82 Å². The molecule has 0 radical (unpaired) electrons. The Labute approximate surface area is 164 Å². The summed E-state index contributed by atoms with van der Waals surface area (Å²) >= 11 is 0. The van der Waals surface area contributed by atoms with Gasteiger partial charge in [0.1, 0.15) is 11.6 Å². The molecule has 0 amide bonds. The van der Waals surface area contributed by atoms with Crippen molar-refractivity contribution in [3.63, 3.8) is 0 Å². The van der Waals surface area contributed by atoms with E-state index in [4.69, 9.17) is 10.7 Å². The maximum Gasteiger partial charge on any atom is 0.131 e. The highest BCUT2D eigenvalue weighted by atomic mass is 15.2. The van der Waals surface area contributed by atoms with Crippen LogP contribution in [0.5, 0.6) is 0 Å². The molecule has 4 rings (SSSR count). The first-order chi connectivity index (χ1) is 13.5. The Morgan fingerprint density at radius 1 is 0.929 bits per heavy atom. The van der Waals surface area contributed by atoms with E-state index < -0.39 is 0 Å². The van der Waals surface area contributed by atoms with Crippen LogP contribution in [0.15, 0.2) is 67.0 Å². The van der Waals surface area contributed by atoms with Crippen LogP contribution in [0.3, 0.4) is 0 Å². The Morgan fingerprint density at radius 2 is 1.68 bits per heavy atom. The van der Waals surface area contributed by atoms with Crippen LogP contribution in [-0.2, 0) is 7.05 Å². The number of nitrogens with two attached hydrogens (primary N) is 1. The fourth-order valence-electron chi connectivity index (χ4n) is 3.57. The third-order valence-corrected chi connectivity index (χ3v) is 4.99. The lowest BCUT2D eigenvalue weighted by Gasteiger charge is -2.19. The van der Waals surface area contributed by atoms with Gasteiger partial charge >= 0.3 is 0 Å². The van der Waals surface area contributed by atoms with E-state index in [2.05, 4.69) is 53.4 Å². The van der Waals surface area contributed by atoms with Crippen LogP contribution in [-0.4, -0.2) is 19.7 Å². The number of aromatic nitrogens is 4. The van der Waals surface area contributed by atoms with Crippen molar-refractivity contribution >= 4 is 5.82 Å². The van der Waals surface area contributed by atoms with E-state index in [0.717, 1.165) is 33.5 Å². The molecule has 0 fully saturated rings. The highest BCUT2D eigenvalue weighted by Crippen LogP contribution is 2.36. The summed E-state index contributed by atoms with van der Waals surface area (Å²) in [4.78, 5) is 9.17. The minimum absolute atomic E-state index is 0.0485. The van der Waals surface area contributed by atoms with E-state index in [1.165, 1.54) is 0 Å². The highest BCUT2D eigenvalue weighted by Gasteiger charge is 2.20. The summed E-state index contributed by atoms with van der Waals surface area (Å²) in [6.07, 6.45) is 3.89. The van der Waals surface area contributed by atoms with Gasteiger partial charge in [0, 0.05) is 35.9 Å². The maximum absolute atomic E-state index is 6.39. The van der Waals surface area contributed by atoms with Gasteiger partial charge in [-0.1, -0.05) is 61.5 Å². The fourth-order valence-corrected chi connectivity index (χ4v) is 3.57. The minimum Gasteiger partial charge on any atom is -0.383 e. The molecule has 2 heterocycles. The number of nitrogen functional groups attached to an aromatic ring is 1. The molecule has 0 spiro atoms. The second-order valence-corrected chi connectivity index (χ2v) is 7.03. The second-order valence-electron chi connectivity index (χ2n) is 7.03. The van der Waals surface area contributed by atoms with Gasteiger partial charge in [0.15, 0.2) is 0 Å². The molecule has 0 saturated carbocycles. The molecule has 1 atom stereocenters. The molecule has 2 N–H and O–H groups in total. The van der Waals surface area contributed by atoms with Gasteiger partial charge in [0.25, 0.3) is 0 Å². The quantitative estimate of drug-likeness (QED) is 0.571. The molecule has 0 aliphatic carbocycles. The number of rotatable bonds is 4. The van der Waals surface area contributed by atoms with Gasteiger partial charge < -0.3 is 5.73 Å². The Morgan fingerprint density at radius 3 is 2.39 bits per heavy atom. The van der Waals surface area contributed by atoms with Crippen LogP contribution < -0.4 is 5.73 Å².